The molecule has 2 aromatic carbocycles. The molecule has 4 rings (SSSR count). The molecule has 0 amide bonds. The Morgan fingerprint density at radius 3 is 2.36 bits per heavy atom. The molecule has 2 aliphatic heterocycles. The van der Waals surface area contributed by atoms with Gasteiger partial charge in [0.25, 0.3) is 0 Å². The Balaban J connectivity index is 1.72. The molecule has 2 aromatic rings. The van der Waals surface area contributed by atoms with Crippen molar-refractivity contribution in [3.63, 3.8) is 0 Å². The van der Waals surface area contributed by atoms with Crippen LogP contribution in [0.25, 0.3) is 0 Å². The lowest BCUT2D eigenvalue weighted by atomic mass is 9.94. The van der Waals surface area contributed by atoms with Crippen LogP contribution in [-0.2, 0) is 23.8 Å². The quantitative estimate of drug-likeness (QED) is 0.766. The maximum Gasteiger partial charge on any atom is 0.331 e. The number of hydrogen-bond donors (Lipinski definition) is 0. The summed E-state index contributed by atoms with van der Waals surface area (Å²) >= 11 is 0. The number of cyclic esters (lactones) is 1. The predicted octanol–water partition coefficient (Wildman–Crippen LogP) is 2.99. The summed E-state index contributed by atoms with van der Waals surface area (Å²) in [7, 11) is 0. The molecule has 0 spiro atoms. The fourth-order valence-corrected chi connectivity index (χ4v) is 3.39. The lowest BCUT2D eigenvalue weighted by Gasteiger charge is -2.31. The molecule has 0 saturated carbocycles. The Labute approximate surface area is 162 Å². The van der Waals surface area contributed by atoms with Gasteiger partial charge >= 0.3 is 11.9 Å². The van der Waals surface area contributed by atoms with Gasteiger partial charge in [0.2, 0.25) is 5.90 Å². The van der Waals surface area contributed by atoms with E-state index in [9.17, 15) is 9.59 Å². The first-order chi connectivity index (χ1) is 13.6. The third-order valence-electron chi connectivity index (χ3n) is 4.60. The molecule has 2 heterocycles. The highest BCUT2D eigenvalue weighted by atomic mass is 16.6. The van der Waals surface area contributed by atoms with Gasteiger partial charge in [-0.3, -0.25) is 4.79 Å². The summed E-state index contributed by atoms with van der Waals surface area (Å²) in [5.41, 5.74) is 1.72. The summed E-state index contributed by atoms with van der Waals surface area (Å²) in [5, 5.41) is 0. The van der Waals surface area contributed by atoms with Crippen molar-refractivity contribution < 1.29 is 23.8 Å². The van der Waals surface area contributed by atoms with Gasteiger partial charge < -0.3 is 14.2 Å². The van der Waals surface area contributed by atoms with Gasteiger partial charge in [0.05, 0.1) is 0 Å². The highest BCUT2D eigenvalue weighted by Crippen LogP contribution is 2.36. The minimum absolute atomic E-state index is 0.458. The van der Waals surface area contributed by atoms with Gasteiger partial charge in [-0.25, -0.2) is 9.79 Å². The number of aliphatic imine (C=N–C) groups is 1. The highest BCUT2D eigenvalue weighted by Gasteiger charge is 2.45. The molecule has 0 bridgehead atoms. The minimum Gasteiger partial charge on any atom is -0.467 e. The molecule has 0 saturated heterocycles. The number of carbonyl (C=O) groups excluding carboxylic acids is 2. The first-order valence-corrected chi connectivity index (χ1v) is 9.02. The third kappa shape index (κ3) is 3.67. The van der Waals surface area contributed by atoms with Gasteiger partial charge in [-0.15, -0.1) is 0 Å². The molecule has 0 radical (unpaired) electrons. The van der Waals surface area contributed by atoms with Crippen LogP contribution >= 0.6 is 0 Å². The summed E-state index contributed by atoms with van der Waals surface area (Å²) in [6.07, 6.45) is 0.815. The second-order valence-electron chi connectivity index (χ2n) is 6.57. The number of hydrogen-bond acceptors (Lipinski definition) is 6. The van der Waals surface area contributed by atoms with E-state index in [0.29, 0.717) is 5.90 Å². The van der Waals surface area contributed by atoms with E-state index in [4.69, 9.17) is 19.2 Å². The number of benzene rings is 2. The molecule has 0 N–H and O–H groups in total. The molecule has 0 aliphatic carbocycles. The van der Waals surface area contributed by atoms with Gasteiger partial charge in [-0.1, -0.05) is 48.5 Å². The van der Waals surface area contributed by atoms with Crippen LogP contribution in [0.15, 0.2) is 77.8 Å². The van der Waals surface area contributed by atoms with Crippen LogP contribution in [0.2, 0.25) is 0 Å². The normalized spacial score (nSPS) is 26.2. The third-order valence-corrected chi connectivity index (χ3v) is 4.60. The average molecular weight is 377 g/mol. The van der Waals surface area contributed by atoms with Crippen LogP contribution in [-0.4, -0.2) is 36.1 Å². The lowest BCUT2D eigenvalue weighted by Crippen LogP contribution is -2.45. The van der Waals surface area contributed by atoms with E-state index in [2.05, 4.69) is 0 Å². The van der Waals surface area contributed by atoms with Gasteiger partial charge in [0, 0.05) is 18.6 Å². The van der Waals surface area contributed by atoms with E-state index in [1.54, 1.807) is 0 Å². The van der Waals surface area contributed by atoms with Crippen molar-refractivity contribution in [2.24, 2.45) is 4.99 Å². The van der Waals surface area contributed by atoms with Crippen molar-refractivity contribution in [2.45, 2.75) is 31.3 Å². The first-order valence-electron chi connectivity index (χ1n) is 9.02. The maximum atomic E-state index is 11.9. The smallest absolute Gasteiger partial charge is 0.331 e. The largest absolute Gasteiger partial charge is 0.467 e. The summed E-state index contributed by atoms with van der Waals surface area (Å²) in [6, 6.07) is 18.6. The van der Waals surface area contributed by atoms with E-state index < -0.39 is 36.3 Å². The summed E-state index contributed by atoms with van der Waals surface area (Å²) in [5.74, 6) is -0.491. The van der Waals surface area contributed by atoms with E-state index >= 15 is 0 Å². The monoisotopic (exact) mass is 377 g/mol. The minimum atomic E-state index is -0.784. The summed E-state index contributed by atoms with van der Waals surface area (Å²) < 4.78 is 17.1. The number of ether oxygens (including phenoxy) is 3. The summed E-state index contributed by atoms with van der Waals surface area (Å²) in [6.45, 7) is 1.32. The fourth-order valence-electron chi connectivity index (χ4n) is 3.39. The van der Waals surface area contributed by atoms with E-state index in [-0.39, 0.29) is 0 Å². The predicted molar refractivity (Wildman–Crippen MR) is 102 cm³/mol. The van der Waals surface area contributed by atoms with Crippen molar-refractivity contribution in [1.82, 2.24) is 0 Å². The zero-order valence-corrected chi connectivity index (χ0v) is 15.2. The zero-order valence-electron chi connectivity index (χ0n) is 15.2. The van der Waals surface area contributed by atoms with Crippen molar-refractivity contribution in [2.75, 3.05) is 0 Å². The van der Waals surface area contributed by atoms with Gasteiger partial charge in [0.15, 0.2) is 18.3 Å². The van der Waals surface area contributed by atoms with E-state index in [1.165, 1.54) is 19.1 Å². The van der Waals surface area contributed by atoms with Crippen molar-refractivity contribution in [1.29, 1.82) is 0 Å². The lowest BCUT2D eigenvalue weighted by molar-refractivity contribution is -0.165. The van der Waals surface area contributed by atoms with Crippen molar-refractivity contribution in [3.8, 4) is 0 Å². The average Bonchev–Trinajstić information content (AvgIpc) is 3.16. The number of rotatable bonds is 4. The Kier molecular flexibility index (Phi) is 4.93. The van der Waals surface area contributed by atoms with Gasteiger partial charge in [-0.2, -0.15) is 0 Å². The molecule has 0 fully saturated rings. The second-order valence-corrected chi connectivity index (χ2v) is 6.57. The molecule has 6 heteroatoms. The molecule has 0 aromatic heterocycles. The van der Waals surface area contributed by atoms with E-state index in [1.807, 2.05) is 60.7 Å². The Bertz CT molecular complexity index is 922. The maximum absolute atomic E-state index is 11.9. The topological polar surface area (TPSA) is 74.2 Å². The van der Waals surface area contributed by atoms with Crippen LogP contribution in [0.4, 0.5) is 0 Å². The standard InChI is InChI=1S/C22H19NO5/c1-14(24)26-17-12-13-18(25)27-21(17)19-20(15-8-4-2-5-9-15)28-22(23-19)16-10-6-3-7-11-16/h2-13,17,19-21H,1H3/t17-,19+,20+,21-/m0/s1. The van der Waals surface area contributed by atoms with Crippen molar-refractivity contribution in [3.05, 3.63) is 83.9 Å². The van der Waals surface area contributed by atoms with Crippen LogP contribution in [0.1, 0.15) is 24.2 Å². The molecule has 28 heavy (non-hydrogen) atoms. The SMILES string of the molecule is CC(=O)O[C@H]1C=CC(=O)O[C@@H]1[C@@H]1N=C(c2ccccc2)O[C@@H]1c1ccccc1. The number of esters is 2. The van der Waals surface area contributed by atoms with Crippen LogP contribution in [0.3, 0.4) is 0 Å². The molecule has 6 nitrogen and oxygen atoms in total. The Hall–Kier alpha value is -3.41. The molecule has 142 valence electrons. The molecule has 4 atom stereocenters. The van der Waals surface area contributed by atoms with E-state index in [0.717, 1.165) is 11.1 Å². The zero-order chi connectivity index (χ0) is 19.5. The van der Waals surface area contributed by atoms with Crippen LogP contribution < -0.4 is 0 Å². The number of nitrogens with zero attached hydrogens (tertiary/aromatic N) is 1. The van der Waals surface area contributed by atoms with Crippen LogP contribution in [0.5, 0.6) is 0 Å². The fraction of sp³-hybridized carbons (Fsp3) is 0.227. The van der Waals surface area contributed by atoms with Gasteiger partial charge in [0.1, 0.15) is 6.04 Å². The molecule has 0 unspecified atom stereocenters. The first kappa shape index (κ1) is 18.0. The summed E-state index contributed by atoms with van der Waals surface area (Å²) in [4.78, 5) is 28.2. The van der Waals surface area contributed by atoms with Crippen molar-refractivity contribution >= 4 is 17.8 Å². The molecular formula is C22H19NO5. The highest BCUT2D eigenvalue weighted by molar-refractivity contribution is 5.95. The second kappa shape index (κ2) is 7.68. The Morgan fingerprint density at radius 1 is 1.00 bits per heavy atom. The van der Waals surface area contributed by atoms with Gasteiger partial charge in [-0.05, 0) is 23.8 Å². The molecular weight excluding hydrogens is 358 g/mol. The Morgan fingerprint density at radius 2 is 1.68 bits per heavy atom. The number of carbonyl (C=O) groups is 2. The molecule has 2 aliphatic rings. The van der Waals surface area contributed by atoms with Crippen LogP contribution in [0, 0.1) is 0 Å².